The van der Waals surface area contributed by atoms with E-state index in [1.807, 2.05) is 0 Å². The van der Waals surface area contributed by atoms with Crippen molar-refractivity contribution in [2.24, 2.45) is 0 Å². The third-order valence-electron chi connectivity index (χ3n) is 2.60. The van der Waals surface area contributed by atoms with Gasteiger partial charge in [0, 0.05) is 7.11 Å². The van der Waals surface area contributed by atoms with Crippen molar-refractivity contribution in [3.63, 3.8) is 0 Å². The fourth-order valence-corrected chi connectivity index (χ4v) is 3.85. The fraction of sp³-hybridized carbons (Fsp3) is 0.583. The summed E-state index contributed by atoms with van der Waals surface area (Å²) in [5.74, 6) is -1.25. The normalized spacial score (nSPS) is 12.7. The average Bonchev–Trinajstić information content (AvgIpc) is 2.51. The molecule has 1 rings (SSSR count). The topological polar surface area (TPSA) is 106 Å². The number of hydrogen-bond acceptors (Lipinski definition) is 5. The van der Waals surface area contributed by atoms with Gasteiger partial charge in [0.25, 0.3) is 0 Å². The van der Waals surface area contributed by atoms with Crippen molar-refractivity contribution in [2.45, 2.75) is 38.1 Å². The summed E-state index contributed by atoms with van der Waals surface area (Å²) < 4.78 is 37.3. The first-order valence-electron chi connectivity index (χ1n) is 5.88. The highest BCUT2D eigenvalue weighted by molar-refractivity contribution is 7.89. The Kier molecular flexibility index (Phi) is 4.62. The van der Waals surface area contributed by atoms with E-state index in [2.05, 4.69) is 4.72 Å². The summed E-state index contributed by atoms with van der Waals surface area (Å²) in [5.41, 5.74) is -1.22. The molecule has 7 nitrogen and oxygen atoms in total. The number of nitrogens with one attached hydrogen (secondary N) is 1. The number of aromatic carboxylic acids is 1. The number of sulfonamides is 1. The minimum Gasteiger partial charge on any atom is -0.478 e. The molecule has 0 spiro atoms. The Morgan fingerprint density at radius 2 is 1.90 bits per heavy atom. The summed E-state index contributed by atoms with van der Waals surface area (Å²) >= 11 is 0. The molecular weight excluding hydrogens is 286 g/mol. The summed E-state index contributed by atoms with van der Waals surface area (Å²) in [7, 11) is -2.58. The second-order valence-corrected chi connectivity index (χ2v) is 6.77. The van der Waals surface area contributed by atoms with E-state index in [-0.39, 0.29) is 28.6 Å². The van der Waals surface area contributed by atoms with Crippen LogP contribution in [0.2, 0.25) is 0 Å². The highest BCUT2D eigenvalue weighted by atomic mass is 32.2. The van der Waals surface area contributed by atoms with Crippen molar-refractivity contribution >= 4 is 16.0 Å². The van der Waals surface area contributed by atoms with Crippen LogP contribution in [0.3, 0.4) is 0 Å². The zero-order valence-electron chi connectivity index (χ0n) is 12.1. The number of carboxylic acids is 1. The number of rotatable bonds is 6. The van der Waals surface area contributed by atoms with Gasteiger partial charge in [-0.3, -0.25) is 0 Å². The van der Waals surface area contributed by atoms with E-state index in [0.29, 0.717) is 0 Å². The number of carboxylic acid groups (broad SMARTS) is 1. The molecule has 0 atom stereocenters. The number of aryl methyl sites for hydroxylation is 2. The molecule has 20 heavy (non-hydrogen) atoms. The Labute approximate surface area is 118 Å². The standard InChI is InChI=1S/C12H19NO6S/c1-7-9(11(14)15)10(8(2)19-7)20(16,17)13-12(3,4)6-18-5/h13H,6H2,1-5H3,(H,14,15). The second-order valence-electron chi connectivity index (χ2n) is 5.15. The van der Waals surface area contributed by atoms with Gasteiger partial charge < -0.3 is 14.3 Å². The molecule has 0 aliphatic rings. The number of ether oxygens (including phenoxy) is 1. The van der Waals surface area contributed by atoms with Gasteiger partial charge in [-0.2, -0.15) is 0 Å². The molecule has 0 fully saturated rings. The third kappa shape index (κ3) is 3.38. The summed E-state index contributed by atoms with van der Waals surface area (Å²) in [6, 6.07) is 0. The van der Waals surface area contributed by atoms with E-state index >= 15 is 0 Å². The minimum atomic E-state index is -4.03. The zero-order chi connectivity index (χ0) is 15.7. The van der Waals surface area contributed by atoms with Crippen molar-refractivity contribution in [3.8, 4) is 0 Å². The molecule has 0 aromatic carbocycles. The molecule has 1 heterocycles. The number of furan rings is 1. The lowest BCUT2D eigenvalue weighted by atomic mass is 10.1. The highest BCUT2D eigenvalue weighted by Crippen LogP contribution is 2.27. The SMILES string of the molecule is COCC(C)(C)NS(=O)(=O)c1c(C)oc(C)c1C(=O)O. The molecule has 8 heteroatoms. The first-order valence-corrected chi connectivity index (χ1v) is 7.36. The minimum absolute atomic E-state index is 0.0422. The summed E-state index contributed by atoms with van der Waals surface area (Å²) in [6.45, 7) is 6.24. The van der Waals surface area contributed by atoms with Gasteiger partial charge in [0.05, 0.1) is 12.1 Å². The molecule has 0 aliphatic carbocycles. The van der Waals surface area contributed by atoms with Gasteiger partial charge in [-0.1, -0.05) is 0 Å². The second kappa shape index (κ2) is 5.55. The molecule has 114 valence electrons. The lowest BCUT2D eigenvalue weighted by Gasteiger charge is -2.24. The molecule has 0 saturated heterocycles. The van der Waals surface area contributed by atoms with Crippen LogP contribution >= 0.6 is 0 Å². The van der Waals surface area contributed by atoms with Gasteiger partial charge in [-0.05, 0) is 27.7 Å². The van der Waals surface area contributed by atoms with Gasteiger partial charge in [0.1, 0.15) is 22.0 Å². The number of carbonyl (C=O) groups is 1. The van der Waals surface area contributed by atoms with Crippen LogP contribution in [0.25, 0.3) is 0 Å². The van der Waals surface area contributed by atoms with Crippen LogP contribution in [0.4, 0.5) is 0 Å². The third-order valence-corrected chi connectivity index (χ3v) is 4.45. The number of methoxy groups -OCH3 is 1. The van der Waals surface area contributed by atoms with Gasteiger partial charge in [0.15, 0.2) is 0 Å². The molecule has 1 aromatic rings. The first kappa shape index (κ1) is 16.7. The van der Waals surface area contributed by atoms with Crippen LogP contribution in [0, 0.1) is 13.8 Å². The fourth-order valence-electron chi connectivity index (χ4n) is 2.04. The van der Waals surface area contributed by atoms with Crippen molar-refractivity contribution in [1.29, 1.82) is 0 Å². The van der Waals surface area contributed by atoms with E-state index in [1.54, 1.807) is 13.8 Å². The molecule has 0 unspecified atom stereocenters. The molecule has 2 N–H and O–H groups in total. The van der Waals surface area contributed by atoms with Crippen LogP contribution < -0.4 is 4.72 Å². The van der Waals surface area contributed by atoms with Crippen LogP contribution in [0.15, 0.2) is 9.31 Å². The lowest BCUT2D eigenvalue weighted by molar-refractivity contribution is 0.0691. The Morgan fingerprint density at radius 3 is 2.35 bits per heavy atom. The van der Waals surface area contributed by atoms with Gasteiger partial charge >= 0.3 is 5.97 Å². The van der Waals surface area contributed by atoms with Crippen molar-refractivity contribution < 1.29 is 27.5 Å². The summed E-state index contributed by atoms with van der Waals surface area (Å²) in [5, 5.41) is 9.15. The van der Waals surface area contributed by atoms with Gasteiger partial charge in [-0.15, -0.1) is 0 Å². The van der Waals surface area contributed by atoms with E-state index in [1.165, 1.54) is 21.0 Å². The van der Waals surface area contributed by atoms with Crippen LogP contribution in [-0.4, -0.2) is 38.7 Å². The highest BCUT2D eigenvalue weighted by Gasteiger charge is 2.34. The molecular formula is C12H19NO6S. The average molecular weight is 305 g/mol. The van der Waals surface area contributed by atoms with E-state index in [0.717, 1.165) is 0 Å². The Hall–Kier alpha value is -1.38. The molecule has 1 aromatic heterocycles. The van der Waals surface area contributed by atoms with Gasteiger partial charge in [0.2, 0.25) is 10.0 Å². The molecule has 0 radical (unpaired) electrons. The summed E-state index contributed by atoms with van der Waals surface area (Å²) in [4.78, 5) is 10.9. The Balaban J connectivity index is 3.34. The summed E-state index contributed by atoms with van der Waals surface area (Å²) in [6.07, 6.45) is 0. The van der Waals surface area contributed by atoms with Crippen LogP contribution in [0.1, 0.15) is 35.7 Å². The van der Waals surface area contributed by atoms with Gasteiger partial charge in [-0.25, -0.2) is 17.9 Å². The maximum Gasteiger partial charge on any atom is 0.340 e. The maximum atomic E-state index is 12.4. The Bertz CT molecular complexity index is 614. The lowest BCUT2D eigenvalue weighted by Crippen LogP contribution is -2.47. The predicted octanol–water partition coefficient (Wildman–Crippen LogP) is 1.30. The molecule has 0 bridgehead atoms. The predicted molar refractivity (Wildman–Crippen MR) is 71.4 cm³/mol. The van der Waals surface area contributed by atoms with E-state index < -0.39 is 21.5 Å². The maximum absolute atomic E-state index is 12.4. The quantitative estimate of drug-likeness (QED) is 0.820. The van der Waals surface area contributed by atoms with Crippen molar-refractivity contribution in [1.82, 2.24) is 4.72 Å². The zero-order valence-corrected chi connectivity index (χ0v) is 12.9. The molecule has 0 amide bonds. The monoisotopic (exact) mass is 305 g/mol. The van der Waals surface area contributed by atoms with Crippen molar-refractivity contribution in [2.75, 3.05) is 13.7 Å². The molecule has 0 aliphatic heterocycles. The van der Waals surface area contributed by atoms with E-state index in [4.69, 9.17) is 14.3 Å². The Morgan fingerprint density at radius 1 is 1.35 bits per heavy atom. The number of hydrogen-bond donors (Lipinski definition) is 2. The first-order chi connectivity index (χ1) is 9.02. The van der Waals surface area contributed by atoms with Crippen LogP contribution in [0.5, 0.6) is 0 Å². The van der Waals surface area contributed by atoms with Crippen molar-refractivity contribution in [3.05, 3.63) is 17.1 Å². The smallest absolute Gasteiger partial charge is 0.340 e. The van der Waals surface area contributed by atoms with Crippen LogP contribution in [-0.2, 0) is 14.8 Å². The van der Waals surface area contributed by atoms with E-state index in [9.17, 15) is 13.2 Å². The molecule has 0 saturated carbocycles. The largest absolute Gasteiger partial charge is 0.478 e.